The number of anilines is 1. The highest BCUT2D eigenvalue weighted by molar-refractivity contribution is 6.04. The smallest absolute Gasteiger partial charge is 0.257 e. The van der Waals surface area contributed by atoms with Gasteiger partial charge in [-0.3, -0.25) is 4.79 Å². The van der Waals surface area contributed by atoms with E-state index in [0.29, 0.717) is 22.5 Å². The number of carbonyl (C=O) groups is 1. The number of rotatable bonds is 5. The Kier molecular flexibility index (Phi) is 5.35. The monoisotopic (exact) mass is 431 g/mol. The summed E-state index contributed by atoms with van der Waals surface area (Å²) in [7, 11) is 1.62. The first-order valence-corrected chi connectivity index (χ1v) is 11.2. The summed E-state index contributed by atoms with van der Waals surface area (Å²) in [5.41, 5.74) is 8.77. The maximum atomic E-state index is 12.7. The van der Waals surface area contributed by atoms with Crippen molar-refractivity contribution >= 4 is 11.7 Å². The van der Waals surface area contributed by atoms with E-state index in [0.717, 1.165) is 43.0 Å². The van der Waals surface area contributed by atoms with Crippen LogP contribution in [0, 0.1) is 5.41 Å². The minimum atomic E-state index is -0.218. The predicted octanol–water partition coefficient (Wildman–Crippen LogP) is 3.99. The Morgan fingerprint density at radius 2 is 1.75 bits per heavy atom. The molecule has 0 bridgehead atoms. The van der Waals surface area contributed by atoms with Crippen LogP contribution in [0.25, 0.3) is 11.3 Å². The Balaban J connectivity index is 1.42. The van der Waals surface area contributed by atoms with E-state index in [1.54, 1.807) is 7.05 Å². The molecular weight excluding hydrogens is 402 g/mol. The fourth-order valence-electron chi connectivity index (χ4n) is 5.06. The van der Waals surface area contributed by atoms with E-state index in [1.807, 2.05) is 59.3 Å². The van der Waals surface area contributed by atoms with Crippen LogP contribution in [0.4, 0.5) is 5.82 Å². The number of amides is 1. The quantitative estimate of drug-likeness (QED) is 0.568. The maximum absolute atomic E-state index is 12.7. The summed E-state index contributed by atoms with van der Waals surface area (Å²) in [4.78, 5) is 12.7. The molecule has 5 rings (SSSR count). The van der Waals surface area contributed by atoms with Crippen LogP contribution in [-0.2, 0) is 0 Å². The van der Waals surface area contributed by atoms with E-state index in [9.17, 15) is 4.79 Å². The number of para-hydroxylation sites is 1. The molecular formula is C25H29N5O2. The molecule has 0 radical (unpaired) electrons. The van der Waals surface area contributed by atoms with Crippen LogP contribution < -0.4 is 21.1 Å². The molecule has 0 atom stereocenters. The number of carbonyl (C=O) groups excluding carboxylic acids is 1. The van der Waals surface area contributed by atoms with Gasteiger partial charge in [0.05, 0.1) is 6.04 Å². The number of nitrogens with one attached hydrogen (secondary N) is 2. The van der Waals surface area contributed by atoms with Crippen molar-refractivity contribution in [1.82, 2.24) is 20.4 Å². The van der Waals surface area contributed by atoms with Crippen molar-refractivity contribution in [1.29, 1.82) is 0 Å². The standard InChI is InChI=1S/C25H29N5O2/c1-27-24(31)21-22(17-7-9-20(10-8-17)32-19-5-3-2-4-6-19)29-30(23(21)26)18-15-25(16-18)11-13-28-14-12-25/h2-10,18,28H,11-16,26H2,1H3,(H,27,31). The maximum Gasteiger partial charge on any atom is 0.257 e. The summed E-state index contributed by atoms with van der Waals surface area (Å²) in [6, 6.07) is 17.5. The van der Waals surface area contributed by atoms with E-state index in [-0.39, 0.29) is 11.9 Å². The minimum Gasteiger partial charge on any atom is -0.457 e. The van der Waals surface area contributed by atoms with Gasteiger partial charge in [0.2, 0.25) is 0 Å². The Labute approximate surface area is 188 Å². The lowest BCUT2D eigenvalue weighted by atomic mass is 9.60. The lowest BCUT2D eigenvalue weighted by Crippen LogP contribution is -2.46. The van der Waals surface area contributed by atoms with Crippen LogP contribution in [0.1, 0.15) is 42.1 Å². The molecule has 1 aliphatic heterocycles. The summed E-state index contributed by atoms with van der Waals surface area (Å²) in [6.45, 7) is 2.15. The first-order valence-electron chi connectivity index (χ1n) is 11.2. The van der Waals surface area contributed by atoms with Gasteiger partial charge in [0.15, 0.2) is 0 Å². The number of nitrogens with zero attached hydrogens (tertiary/aromatic N) is 2. The van der Waals surface area contributed by atoms with E-state index < -0.39 is 0 Å². The normalized spacial score (nSPS) is 17.7. The Morgan fingerprint density at radius 1 is 1.09 bits per heavy atom. The molecule has 3 aromatic rings. The Morgan fingerprint density at radius 3 is 2.41 bits per heavy atom. The van der Waals surface area contributed by atoms with Crippen LogP contribution in [0.2, 0.25) is 0 Å². The SMILES string of the molecule is CNC(=O)c1c(-c2ccc(Oc3ccccc3)cc2)nn(C2CC3(CCNCC3)C2)c1N. The zero-order chi connectivity index (χ0) is 22.1. The molecule has 7 nitrogen and oxygen atoms in total. The third-order valence-electron chi connectivity index (χ3n) is 6.86. The topological polar surface area (TPSA) is 94.2 Å². The predicted molar refractivity (Wildman–Crippen MR) is 125 cm³/mol. The highest BCUT2D eigenvalue weighted by Gasteiger charge is 2.46. The van der Waals surface area contributed by atoms with Crippen molar-refractivity contribution < 1.29 is 9.53 Å². The molecule has 1 spiro atoms. The molecule has 2 aromatic carbocycles. The van der Waals surface area contributed by atoms with Gasteiger partial charge in [-0.2, -0.15) is 5.10 Å². The number of nitrogen functional groups attached to an aromatic ring is 1. The molecule has 166 valence electrons. The second kappa shape index (κ2) is 8.31. The molecule has 1 aromatic heterocycles. The van der Waals surface area contributed by atoms with Gasteiger partial charge < -0.3 is 21.1 Å². The fraction of sp³-hybridized carbons (Fsp3) is 0.360. The van der Waals surface area contributed by atoms with Crippen molar-refractivity contribution in [3.05, 3.63) is 60.2 Å². The molecule has 1 aliphatic carbocycles. The average Bonchev–Trinajstić information content (AvgIpc) is 3.15. The van der Waals surface area contributed by atoms with E-state index >= 15 is 0 Å². The second-order valence-corrected chi connectivity index (χ2v) is 8.88. The van der Waals surface area contributed by atoms with Gasteiger partial charge in [-0.25, -0.2) is 4.68 Å². The summed E-state index contributed by atoms with van der Waals surface area (Å²) < 4.78 is 7.77. The summed E-state index contributed by atoms with van der Waals surface area (Å²) >= 11 is 0. The Bertz CT molecular complexity index is 1090. The van der Waals surface area contributed by atoms with Gasteiger partial charge in [-0.15, -0.1) is 0 Å². The number of benzene rings is 2. The number of aromatic nitrogens is 2. The van der Waals surface area contributed by atoms with Crippen molar-refractivity contribution in [3.63, 3.8) is 0 Å². The van der Waals surface area contributed by atoms with Crippen molar-refractivity contribution in [2.45, 2.75) is 31.7 Å². The van der Waals surface area contributed by atoms with Crippen LogP contribution in [0.3, 0.4) is 0 Å². The highest BCUT2D eigenvalue weighted by atomic mass is 16.5. The molecule has 32 heavy (non-hydrogen) atoms. The summed E-state index contributed by atoms with van der Waals surface area (Å²) in [5, 5.41) is 11.0. The van der Waals surface area contributed by atoms with Gasteiger partial charge in [-0.05, 0) is 80.6 Å². The number of ether oxygens (including phenoxy) is 1. The largest absolute Gasteiger partial charge is 0.457 e. The van der Waals surface area contributed by atoms with Gasteiger partial charge in [0, 0.05) is 12.6 Å². The van der Waals surface area contributed by atoms with Gasteiger partial charge in [0.1, 0.15) is 28.6 Å². The highest BCUT2D eigenvalue weighted by Crippen LogP contribution is 2.54. The van der Waals surface area contributed by atoms with E-state index in [4.69, 9.17) is 15.6 Å². The summed E-state index contributed by atoms with van der Waals surface area (Å²) in [6.07, 6.45) is 4.53. The minimum absolute atomic E-state index is 0.218. The van der Waals surface area contributed by atoms with Crippen molar-refractivity contribution in [3.8, 4) is 22.8 Å². The Hall–Kier alpha value is -3.32. The van der Waals surface area contributed by atoms with Crippen LogP contribution in [-0.4, -0.2) is 35.8 Å². The van der Waals surface area contributed by atoms with E-state index in [1.165, 1.54) is 12.8 Å². The molecule has 1 amide bonds. The van der Waals surface area contributed by atoms with Crippen LogP contribution in [0.15, 0.2) is 54.6 Å². The molecule has 0 unspecified atom stereocenters. The van der Waals surface area contributed by atoms with Gasteiger partial charge in [0.25, 0.3) is 5.91 Å². The number of piperidine rings is 1. The zero-order valence-electron chi connectivity index (χ0n) is 18.3. The van der Waals surface area contributed by atoms with Crippen molar-refractivity contribution in [2.24, 2.45) is 5.41 Å². The zero-order valence-corrected chi connectivity index (χ0v) is 18.3. The first kappa shape index (κ1) is 20.6. The fourth-order valence-corrected chi connectivity index (χ4v) is 5.06. The van der Waals surface area contributed by atoms with Crippen LogP contribution >= 0.6 is 0 Å². The second-order valence-electron chi connectivity index (χ2n) is 8.88. The van der Waals surface area contributed by atoms with E-state index in [2.05, 4.69) is 10.6 Å². The molecule has 7 heteroatoms. The molecule has 2 heterocycles. The molecule has 2 fully saturated rings. The summed E-state index contributed by atoms with van der Waals surface area (Å²) in [5.74, 6) is 1.72. The van der Waals surface area contributed by atoms with Crippen LogP contribution in [0.5, 0.6) is 11.5 Å². The van der Waals surface area contributed by atoms with Gasteiger partial charge in [-0.1, -0.05) is 18.2 Å². The van der Waals surface area contributed by atoms with Crippen molar-refractivity contribution in [2.75, 3.05) is 25.9 Å². The molecule has 1 saturated carbocycles. The molecule has 2 aliphatic rings. The van der Waals surface area contributed by atoms with Gasteiger partial charge >= 0.3 is 0 Å². The number of nitrogens with two attached hydrogens (primary N) is 1. The molecule has 4 N–H and O–H groups in total. The third kappa shape index (κ3) is 3.73. The lowest BCUT2D eigenvalue weighted by molar-refractivity contribution is 0.0242. The number of hydrogen-bond donors (Lipinski definition) is 3. The third-order valence-corrected chi connectivity index (χ3v) is 6.86. The average molecular weight is 432 g/mol. The lowest BCUT2D eigenvalue weighted by Gasteiger charge is -2.50. The number of hydrogen-bond acceptors (Lipinski definition) is 5. The first-order chi connectivity index (χ1) is 15.6. The molecule has 1 saturated heterocycles.